The number of halogens is 2. The third kappa shape index (κ3) is 2.39. The zero-order chi connectivity index (χ0) is 14.1. The molecule has 0 aromatic heterocycles. The molecular formula is C16H14F2O2. The summed E-state index contributed by atoms with van der Waals surface area (Å²) in [4.78, 5) is 0. The summed E-state index contributed by atoms with van der Waals surface area (Å²) >= 11 is 0. The first-order valence-corrected chi connectivity index (χ1v) is 6.47. The summed E-state index contributed by atoms with van der Waals surface area (Å²) < 4.78 is 30.9. The van der Waals surface area contributed by atoms with Gasteiger partial charge in [-0.15, -0.1) is 0 Å². The molecule has 2 atom stereocenters. The molecule has 4 heteroatoms. The number of fused-ring (bicyclic) bond motifs is 1. The van der Waals surface area contributed by atoms with Crippen LogP contribution in [0, 0.1) is 0 Å². The highest BCUT2D eigenvalue weighted by Crippen LogP contribution is 2.40. The van der Waals surface area contributed by atoms with E-state index in [4.69, 9.17) is 4.74 Å². The summed E-state index contributed by atoms with van der Waals surface area (Å²) in [6.45, 7) is 0. The maximum Gasteiger partial charge on any atom is 0.263 e. The number of hydrogen-bond acceptors (Lipinski definition) is 2. The molecule has 0 aliphatic carbocycles. The topological polar surface area (TPSA) is 29.5 Å². The van der Waals surface area contributed by atoms with Crippen molar-refractivity contribution in [2.45, 2.75) is 25.1 Å². The minimum absolute atomic E-state index is 0.00879. The lowest BCUT2D eigenvalue weighted by Crippen LogP contribution is -2.18. The number of benzene rings is 2. The Hall–Kier alpha value is -1.94. The van der Waals surface area contributed by atoms with Crippen LogP contribution in [0.2, 0.25) is 0 Å². The maximum absolute atomic E-state index is 12.5. The first-order chi connectivity index (χ1) is 9.65. The van der Waals surface area contributed by atoms with E-state index in [1.165, 1.54) is 12.1 Å². The van der Waals surface area contributed by atoms with E-state index in [-0.39, 0.29) is 11.7 Å². The number of aliphatic hydroxyl groups excluding tert-OH is 1. The number of rotatable bonds is 2. The Labute approximate surface area is 115 Å². The molecule has 2 nitrogen and oxygen atoms in total. The second-order valence-electron chi connectivity index (χ2n) is 4.86. The van der Waals surface area contributed by atoms with Crippen LogP contribution in [0.4, 0.5) is 8.78 Å². The van der Waals surface area contributed by atoms with Crippen LogP contribution in [0.5, 0.6) is 5.75 Å². The quantitative estimate of drug-likeness (QED) is 0.891. The third-order valence-electron chi connectivity index (χ3n) is 3.54. The highest BCUT2D eigenvalue weighted by molar-refractivity contribution is 5.38. The molecule has 1 heterocycles. The fourth-order valence-corrected chi connectivity index (χ4v) is 2.45. The summed E-state index contributed by atoms with van der Waals surface area (Å²) in [7, 11) is 0. The van der Waals surface area contributed by atoms with E-state index in [1.807, 2.05) is 18.2 Å². The number of para-hydroxylation sites is 1. The molecule has 0 saturated heterocycles. The smallest absolute Gasteiger partial charge is 0.263 e. The van der Waals surface area contributed by atoms with Crippen molar-refractivity contribution in [2.75, 3.05) is 0 Å². The SMILES string of the molecule is O[C@@H]1CC(c2ccc(C(F)F)cc2)Oc2ccccc21. The summed E-state index contributed by atoms with van der Waals surface area (Å²) in [5, 5.41) is 10.1. The highest BCUT2D eigenvalue weighted by atomic mass is 19.3. The average molecular weight is 276 g/mol. The molecule has 2 aromatic rings. The van der Waals surface area contributed by atoms with E-state index in [0.717, 1.165) is 11.1 Å². The molecule has 0 bridgehead atoms. The fraction of sp³-hybridized carbons (Fsp3) is 0.250. The van der Waals surface area contributed by atoms with Crippen molar-refractivity contribution in [2.24, 2.45) is 0 Å². The molecule has 0 spiro atoms. The van der Waals surface area contributed by atoms with Gasteiger partial charge in [-0.2, -0.15) is 0 Å². The predicted molar refractivity (Wildman–Crippen MR) is 70.8 cm³/mol. The lowest BCUT2D eigenvalue weighted by molar-refractivity contribution is 0.0656. The van der Waals surface area contributed by atoms with E-state index in [1.54, 1.807) is 18.2 Å². The van der Waals surface area contributed by atoms with Gasteiger partial charge in [0.15, 0.2) is 0 Å². The van der Waals surface area contributed by atoms with Crippen LogP contribution in [0.15, 0.2) is 48.5 Å². The van der Waals surface area contributed by atoms with E-state index in [0.29, 0.717) is 12.2 Å². The van der Waals surface area contributed by atoms with Gasteiger partial charge in [-0.25, -0.2) is 8.78 Å². The zero-order valence-electron chi connectivity index (χ0n) is 10.7. The number of alkyl halides is 2. The van der Waals surface area contributed by atoms with Gasteiger partial charge in [0.05, 0.1) is 6.10 Å². The summed E-state index contributed by atoms with van der Waals surface area (Å²) in [6.07, 6.45) is -2.96. The Bertz CT molecular complexity index is 596. The Morgan fingerprint density at radius 1 is 1.05 bits per heavy atom. The van der Waals surface area contributed by atoms with E-state index in [2.05, 4.69) is 0 Å². The minimum Gasteiger partial charge on any atom is -0.485 e. The average Bonchev–Trinajstić information content (AvgIpc) is 2.47. The summed E-state index contributed by atoms with van der Waals surface area (Å²) in [5.74, 6) is 0.647. The predicted octanol–water partition coefficient (Wildman–Crippen LogP) is 4.18. The molecule has 0 saturated carbocycles. The Kier molecular flexibility index (Phi) is 3.40. The lowest BCUT2D eigenvalue weighted by Gasteiger charge is -2.29. The molecule has 1 aliphatic heterocycles. The molecule has 0 amide bonds. The first kappa shape index (κ1) is 13.1. The molecule has 1 N–H and O–H groups in total. The monoisotopic (exact) mass is 276 g/mol. The van der Waals surface area contributed by atoms with Crippen molar-refractivity contribution in [1.82, 2.24) is 0 Å². The zero-order valence-corrected chi connectivity index (χ0v) is 10.7. The van der Waals surface area contributed by atoms with Crippen molar-refractivity contribution >= 4 is 0 Å². The molecule has 3 rings (SSSR count). The molecule has 1 unspecified atom stereocenters. The molecule has 1 aliphatic rings. The van der Waals surface area contributed by atoms with Crippen LogP contribution in [-0.4, -0.2) is 5.11 Å². The van der Waals surface area contributed by atoms with Gasteiger partial charge in [0, 0.05) is 17.5 Å². The minimum atomic E-state index is -2.47. The van der Waals surface area contributed by atoms with Gasteiger partial charge in [0.1, 0.15) is 11.9 Å². The van der Waals surface area contributed by atoms with Crippen molar-refractivity contribution < 1.29 is 18.6 Å². The van der Waals surface area contributed by atoms with Crippen LogP contribution in [-0.2, 0) is 0 Å². The molecule has 104 valence electrons. The summed E-state index contributed by atoms with van der Waals surface area (Å²) in [5.41, 5.74) is 1.56. The van der Waals surface area contributed by atoms with Crippen LogP contribution in [0.1, 0.15) is 41.7 Å². The van der Waals surface area contributed by atoms with Crippen LogP contribution >= 0.6 is 0 Å². The first-order valence-electron chi connectivity index (χ1n) is 6.47. The van der Waals surface area contributed by atoms with Crippen LogP contribution < -0.4 is 4.74 Å². The molecule has 0 radical (unpaired) electrons. The van der Waals surface area contributed by atoms with E-state index in [9.17, 15) is 13.9 Å². The highest BCUT2D eigenvalue weighted by Gasteiger charge is 2.27. The van der Waals surface area contributed by atoms with Crippen LogP contribution in [0.25, 0.3) is 0 Å². The van der Waals surface area contributed by atoms with Gasteiger partial charge in [-0.3, -0.25) is 0 Å². The van der Waals surface area contributed by atoms with Gasteiger partial charge < -0.3 is 9.84 Å². The van der Waals surface area contributed by atoms with Crippen LogP contribution in [0.3, 0.4) is 0 Å². The van der Waals surface area contributed by atoms with Gasteiger partial charge in [-0.05, 0) is 11.6 Å². The van der Waals surface area contributed by atoms with E-state index >= 15 is 0 Å². The number of ether oxygens (including phenoxy) is 1. The second-order valence-corrected chi connectivity index (χ2v) is 4.86. The molecule has 0 fully saturated rings. The standard InChI is InChI=1S/C16H14F2O2/c17-16(18)11-7-5-10(6-8-11)15-9-13(19)12-3-1-2-4-14(12)20-15/h1-8,13,15-16,19H,9H2/t13-,15?/m1/s1. The Morgan fingerprint density at radius 3 is 2.45 bits per heavy atom. The second kappa shape index (κ2) is 5.21. The van der Waals surface area contributed by atoms with E-state index < -0.39 is 12.5 Å². The van der Waals surface area contributed by atoms with Gasteiger partial charge in [0.2, 0.25) is 0 Å². The van der Waals surface area contributed by atoms with Gasteiger partial charge >= 0.3 is 0 Å². The largest absolute Gasteiger partial charge is 0.485 e. The third-order valence-corrected chi connectivity index (χ3v) is 3.54. The van der Waals surface area contributed by atoms with Crippen molar-refractivity contribution in [3.63, 3.8) is 0 Å². The van der Waals surface area contributed by atoms with Gasteiger partial charge in [0.25, 0.3) is 6.43 Å². The normalized spacial score (nSPS) is 21.4. The maximum atomic E-state index is 12.5. The van der Waals surface area contributed by atoms with Crippen molar-refractivity contribution in [1.29, 1.82) is 0 Å². The molecule has 20 heavy (non-hydrogen) atoms. The van der Waals surface area contributed by atoms with Crippen molar-refractivity contribution in [3.05, 3.63) is 65.2 Å². The lowest BCUT2D eigenvalue weighted by atomic mass is 9.94. The number of hydrogen-bond donors (Lipinski definition) is 1. The Balaban J connectivity index is 1.86. The summed E-state index contributed by atoms with van der Waals surface area (Å²) in [6, 6.07) is 13.4. The molecule has 2 aromatic carbocycles. The molecular weight excluding hydrogens is 262 g/mol. The Morgan fingerprint density at radius 2 is 1.75 bits per heavy atom. The van der Waals surface area contributed by atoms with Gasteiger partial charge in [-0.1, -0.05) is 42.5 Å². The van der Waals surface area contributed by atoms with Crippen molar-refractivity contribution in [3.8, 4) is 5.75 Å². The number of aliphatic hydroxyl groups is 1. The fourth-order valence-electron chi connectivity index (χ4n) is 2.45.